The molecule has 1 nitrogen and oxygen atoms in total. The minimum atomic E-state index is -0.808. The molecule has 70 valence electrons. The molecule has 2 rings (SSSR count). The van der Waals surface area contributed by atoms with Crippen molar-refractivity contribution in [1.29, 1.82) is 0 Å². The maximum atomic E-state index is 12.9. The van der Waals surface area contributed by atoms with Crippen molar-refractivity contribution in [3.63, 3.8) is 0 Å². The van der Waals surface area contributed by atoms with Gasteiger partial charge in [-0.05, 0) is 43.0 Å². The van der Waals surface area contributed by atoms with Gasteiger partial charge in [-0.2, -0.15) is 0 Å². The summed E-state index contributed by atoms with van der Waals surface area (Å²) in [5, 5.41) is 0. The second kappa shape index (κ2) is 2.51. The Labute approximate surface area is 75.6 Å². The van der Waals surface area contributed by atoms with E-state index in [9.17, 15) is 8.78 Å². The number of aryl methyl sites for hydroxylation is 1. The normalized spacial score (nSPS) is 18.8. The molecule has 0 unspecified atom stereocenters. The molecule has 0 aliphatic heterocycles. The molecule has 0 aromatic heterocycles. The number of benzene rings is 1. The fourth-order valence-corrected chi connectivity index (χ4v) is 1.59. The first-order chi connectivity index (χ1) is 6.03. The zero-order chi connectivity index (χ0) is 9.64. The van der Waals surface area contributed by atoms with Gasteiger partial charge in [-0.15, -0.1) is 0 Å². The van der Waals surface area contributed by atoms with E-state index >= 15 is 0 Å². The van der Waals surface area contributed by atoms with Gasteiger partial charge < -0.3 is 5.73 Å². The highest BCUT2D eigenvalue weighted by Gasteiger charge is 2.41. The van der Waals surface area contributed by atoms with Crippen molar-refractivity contribution in [2.24, 2.45) is 5.73 Å². The smallest absolute Gasteiger partial charge is 0.159 e. The quantitative estimate of drug-likeness (QED) is 0.709. The van der Waals surface area contributed by atoms with Crippen LogP contribution >= 0.6 is 0 Å². The Bertz CT molecular complexity index is 356. The summed E-state index contributed by atoms with van der Waals surface area (Å²) < 4.78 is 25.6. The summed E-state index contributed by atoms with van der Waals surface area (Å²) in [6.07, 6.45) is 1.72. The summed E-state index contributed by atoms with van der Waals surface area (Å²) in [4.78, 5) is 0. The SMILES string of the molecule is Cc1cc(F)c(F)cc1C1(N)CC1. The molecule has 0 heterocycles. The first-order valence-electron chi connectivity index (χ1n) is 4.28. The van der Waals surface area contributed by atoms with Gasteiger partial charge in [0.05, 0.1) is 0 Å². The van der Waals surface area contributed by atoms with Crippen molar-refractivity contribution in [2.75, 3.05) is 0 Å². The van der Waals surface area contributed by atoms with E-state index in [1.165, 1.54) is 12.1 Å². The fourth-order valence-electron chi connectivity index (χ4n) is 1.59. The Morgan fingerprint density at radius 3 is 2.31 bits per heavy atom. The highest BCUT2D eigenvalue weighted by Crippen LogP contribution is 2.44. The van der Waals surface area contributed by atoms with Crippen LogP contribution in [0.1, 0.15) is 24.0 Å². The molecule has 0 atom stereocenters. The summed E-state index contributed by atoms with van der Waals surface area (Å²) in [6.45, 7) is 1.75. The van der Waals surface area contributed by atoms with Gasteiger partial charge >= 0.3 is 0 Å². The molecule has 1 fully saturated rings. The van der Waals surface area contributed by atoms with Crippen LogP contribution < -0.4 is 5.73 Å². The van der Waals surface area contributed by atoms with Crippen LogP contribution in [-0.2, 0) is 5.54 Å². The molecule has 13 heavy (non-hydrogen) atoms. The largest absolute Gasteiger partial charge is 0.321 e. The maximum Gasteiger partial charge on any atom is 0.159 e. The molecule has 3 heteroatoms. The Hall–Kier alpha value is -0.960. The van der Waals surface area contributed by atoms with Crippen molar-refractivity contribution in [1.82, 2.24) is 0 Å². The van der Waals surface area contributed by atoms with Crippen molar-refractivity contribution < 1.29 is 8.78 Å². The Morgan fingerprint density at radius 2 is 1.77 bits per heavy atom. The van der Waals surface area contributed by atoms with Crippen LogP contribution in [-0.4, -0.2) is 0 Å². The van der Waals surface area contributed by atoms with E-state index in [4.69, 9.17) is 5.73 Å². The molecule has 1 aromatic rings. The number of nitrogens with two attached hydrogens (primary N) is 1. The van der Waals surface area contributed by atoms with E-state index in [1.807, 2.05) is 0 Å². The lowest BCUT2D eigenvalue weighted by Crippen LogP contribution is -2.20. The second-order valence-corrected chi connectivity index (χ2v) is 3.74. The maximum absolute atomic E-state index is 12.9. The monoisotopic (exact) mass is 183 g/mol. The average molecular weight is 183 g/mol. The van der Waals surface area contributed by atoms with Crippen LogP contribution in [0.15, 0.2) is 12.1 Å². The van der Waals surface area contributed by atoms with Crippen molar-refractivity contribution in [3.8, 4) is 0 Å². The lowest BCUT2D eigenvalue weighted by molar-refractivity contribution is 0.503. The molecule has 1 aliphatic rings. The van der Waals surface area contributed by atoms with Crippen LogP contribution in [0.3, 0.4) is 0 Å². The zero-order valence-corrected chi connectivity index (χ0v) is 7.40. The predicted octanol–water partition coefficient (Wildman–Crippen LogP) is 2.22. The summed E-state index contributed by atoms with van der Waals surface area (Å²) in [6, 6.07) is 2.43. The molecule has 0 amide bonds. The van der Waals surface area contributed by atoms with Crippen LogP contribution in [0.5, 0.6) is 0 Å². The van der Waals surface area contributed by atoms with Gasteiger partial charge in [-0.25, -0.2) is 8.78 Å². The van der Waals surface area contributed by atoms with Crippen molar-refractivity contribution >= 4 is 0 Å². The predicted molar refractivity (Wildman–Crippen MR) is 46.2 cm³/mol. The third-order valence-electron chi connectivity index (χ3n) is 2.59. The zero-order valence-electron chi connectivity index (χ0n) is 7.40. The Balaban J connectivity index is 2.52. The number of halogens is 2. The van der Waals surface area contributed by atoms with Gasteiger partial charge in [-0.1, -0.05) is 0 Å². The lowest BCUT2D eigenvalue weighted by atomic mass is 10.00. The van der Waals surface area contributed by atoms with E-state index < -0.39 is 17.2 Å². The highest BCUT2D eigenvalue weighted by molar-refractivity contribution is 5.37. The van der Waals surface area contributed by atoms with Crippen LogP contribution in [0.2, 0.25) is 0 Å². The summed E-state index contributed by atoms with van der Waals surface area (Å²) in [5.41, 5.74) is 6.99. The van der Waals surface area contributed by atoms with Crippen LogP contribution in [0.4, 0.5) is 8.78 Å². The summed E-state index contributed by atoms with van der Waals surface area (Å²) in [7, 11) is 0. The summed E-state index contributed by atoms with van der Waals surface area (Å²) in [5.74, 6) is -1.61. The molecule has 1 aromatic carbocycles. The average Bonchev–Trinajstić information content (AvgIpc) is 2.77. The second-order valence-electron chi connectivity index (χ2n) is 3.74. The fraction of sp³-hybridized carbons (Fsp3) is 0.400. The molecule has 0 saturated heterocycles. The third-order valence-corrected chi connectivity index (χ3v) is 2.59. The van der Waals surface area contributed by atoms with E-state index in [0.29, 0.717) is 0 Å². The molecule has 0 radical (unpaired) electrons. The molecule has 1 aliphatic carbocycles. The number of rotatable bonds is 1. The Morgan fingerprint density at radius 1 is 1.23 bits per heavy atom. The summed E-state index contributed by atoms with van der Waals surface area (Å²) >= 11 is 0. The van der Waals surface area contributed by atoms with Gasteiger partial charge in [0, 0.05) is 5.54 Å². The Kier molecular flexibility index (Phi) is 1.67. The van der Waals surface area contributed by atoms with E-state index in [-0.39, 0.29) is 0 Å². The highest BCUT2D eigenvalue weighted by atomic mass is 19.2. The van der Waals surface area contributed by atoms with Crippen LogP contribution in [0, 0.1) is 18.6 Å². The van der Waals surface area contributed by atoms with Crippen LogP contribution in [0.25, 0.3) is 0 Å². The van der Waals surface area contributed by atoms with E-state index in [0.717, 1.165) is 24.0 Å². The number of hydrogen-bond donors (Lipinski definition) is 1. The van der Waals surface area contributed by atoms with Crippen molar-refractivity contribution in [2.45, 2.75) is 25.3 Å². The standard InChI is InChI=1S/C10H11F2N/c1-6-4-8(11)9(12)5-7(6)10(13)2-3-10/h4-5H,2-3,13H2,1H3. The van der Waals surface area contributed by atoms with Gasteiger partial charge in [0.25, 0.3) is 0 Å². The first-order valence-corrected chi connectivity index (χ1v) is 4.28. The topological polar surface area (TPSA) is 26.0 Å². The molecular weight excluding hydrogens is 172 g/mol. The van der Waals surface area contributed by atoms with Crippen molar-refractivity contribution in [3.05, 3.63) is 34.9 Å². The first kappa shape index (κ1) is 8.63. The third kappa shape index (κ3) is 1.33. The van der Waals surface area contributed by atoms with Gasteiger partial charge in [-0.3, -0.25) is 0 Å². The number of hydrogen-bond acceptors (Lipinski definition) is 1. The minimum Gasteiger partial charge on any atom is -0.321 e. The van der Waals surface area contributed by atoms with Gasteiger partial charge in [0.15, 0.2) is 11.6 Å². The molecule has 2 N–H and O–H groups in total. The van der Waals surface area contributed by atoms with Gasteiger partial charge in [0.1, 0.15) is 0 Å². The van der Waals surface area contributed by atoms with E-state index in [2.05, 4.69) is 0 Å². The van der Waals surface area contributed by atoms with E-state index in [1.54, 1.807) is 6.92 Å². The molecule has 0 bridgehead atoms. The molecular formula is C10H11F2N. The molecule has 1 saturated carbocycles. The van der Waals surface area contributed by atoms with Gasteiger partial charge in [0.2, 0.25) is 0 Å². The minimum absolute atomic E-state index is 0.390. The lowest BCUT2D eigenvalue weighted by Gasteiger charge is -2.12. The molecule has 0 spiro atoms.